The van der Waals surface area contributed by atoms with Crippen molar-refractivity contribution in [1.82, 2.24) is 4.57 Å². The molecule has 0 unspecified atom stereocenters. The lowest BCUT2D eigenvalue weighted by Gasteiger charge is -2.09. The van der Waals surface area contributed by atoms with Crippen LogP contribution in [0.4, 0.5) is 0 Å². The van der Waals surface area contributed by atoms with Crippen LogP contribution in [0.5, 0.6) is 0 Å². The summed E-state index contributed by atoms with van der Waals surface area (Å²) in [6, 6.07) is 7.93. The molecule has 3 rings (SSSR count). The molecule has 1 aromatic heterocycles. The summed E-state index contributed by atoms with van der Waals surface area (Å²) in [4.78, 5) is 12.2. The van der Waals surface area contributed by atoms with E-state index >= 15 is 0 Å². The van der Waals surface area contributed by atoms with Crippen LogP contribution in [0.25, 0.3) is 10.8 Å². The maximum atomic E-state index is 12.2. The van der Waals surface area contributed by atoms with Gasteiger partial charge in [-0.05, 0) is 37.0 Å². The summed E-state index contributed by atoms with van der Waals surface area (Å²) in [5.74, 6) is 0.592. The summed E-state index contributed by atoms with van der Waals surface area (Å²) < 4.78 is 2.80. The van der Waals surface area contributed by atoms with Gasteiger partial charge in [0.1, 0.15) is 0 Å². The molecule has 1 fully saturated rings. The fraction of sp³-hybridized carbons (Fsp3) is 0.308. The zero-order valence-electron chi connectivity index (χ0n) is 9.03. The molecule has 3 heteroatoms. The number of benzene rings is 1. The lowest BCUT2D eigenvalue weighted by Crippen LogP contribution is -2.20. The monoisotopic (exact) mass is 277 g/mol. The molecule has 0 spiro atoms. The van der Waals surface area contributed by atoms with Crippen molar-refractivity contribution in [3.8, 4) is 0 Å². The first kappa shape index (κ1) is 10.1. The van der Waals surface area contributed by atoms with Gasteiger partial charge in [0.25, 0.3) is 5.56 Å². The molecule has 0 N–H and O–H groups in total. The van der Waals surface area contributed by atoms with Gasteiger partial charge in [-0.2, -0.15) is 0 Å². The molecule has 0 aliphatic heterocycles. The van der Waals surface area contributed by atoms with Crippen LogP contribution in [0.15, 0.2) is 33.5 Å². The molecule has 2 nitrogen and oxygen atoms in total. The van der Waals surface area contributed by atoms with E-state index < -0.39 is 0 Å². The fourth-order valence-corrected chi connectivity index (χ4v) is 2.66. The molecule has 0 bridgehead atoms. The minimum absolute atomic E-state index is 0.112. The van der Waals surface area contributed by atoms with Crippen LogP contribution in [0.2, 0.25) is 0 Å². The molecular formula is C13H12BrNO. The average Bonchev–Trinajstić information content (AvgIpc) is 3.08. The predicted molar refractivity (Wildman–Crippen MR) is 68.9 cm³/mol. The van der Waals surface area contributed by atoms with E-state index in [1.807, 2.05) is 25.2 Å². The maximum Gasteiger partial charge on any atom is 0.258 e. The van der Waals surface area contributed by atoms with E-state index in [1.54, 1.807) is 4.57 Å². The molecule has 16 heavy (non-hydrogen) atoms. The van der Waals surface area contributed by atoms with Crippen LogP contribution < -0.4 is 5.56 Å². The molecule has 1 aliphatic carbocycles. The third-order valence-electron chi connectivity index (χ3n) is 3.26. The van der Waals surface area contributed by atoms with Crippen LogP contribution in [0.1, 0.15) is 24.5 Å². The maximum absolute atomic E-state index is 12.2. The Morgan fingerprint density at radius 3 is 2.75 bits per heavy atom. The molecule has 1 aliphatic rings. The summed E-state index contributed by atoms with van der Waals surface area (Å²) in [5, 5.41) is 1.83. The van der Waals surface area contributed by atoms with Gasteiger partial charge in [0.15, 0.2) is 0 Å². The van der Waals surface area contributed by atoms with E-state index in [-0.39, 0.29) is 5.56 Å². The van der Waals surface area contributed by atoms with Crippen LogP contribution in [0.3, 0.4) is 0 Å². The first-order valence-corrected chi connectivity index (χ1v) is 6.26. The second-order valence-corrected chi connectivity index (χ2v) is 5.26. The molecule has 0 atom stereocenters. The van der Waals surface area contributed by atoms with Gasteiger partial charge in [-0.25, -0.2) is 0 Å². The standard InChI is InChI=1S/C13H12BrNO/c1-15-12(8-5-6-8)7-10-9(13(15)16)3-2-4-11(10)14/h2-4,7-8H,5-6H2,1H3. The number of hydrogen-bond donors (Lipinski definition) is 0. The predicted octanol–water partition coefficient (Wildman–Crippen LogP) is 3.18. The summed E-state index contributed by atoms with van der Waals surface area (Å²) in [7, 11) is 1.87. The fourth-order valence-electron chi connectivity index (χ4n) is 2.18. The third kappa shape index (κ3) is 1.42. The molecule has 0 radical (unpaired) electrons. The molecular weight excluding hydrogens is 266 g/mol. The summed E-state index contributed by atoms with van der Waals surface area (Å²) in [6.07, 6.45) is 2.42. The van der Waals surface area contributed by atoms with E-state index in [2.05, 4.69) is 22.0 Å². The molecule has 1 heterocycles. The van der Waals surface area contributed by atoms with Gasteiger partial charge in [0.2, 0.25) is 0 Å². The molecule has 0 amide bonds. The molecule has 1 aromatic carbocycles. The summed E-state index contributed by atoms with van der Waals surface area (Å²) in [5.41, 5.74) is 1.28. The lowest BCUT2D eigenvalue weighted by molar-refractivity contribution is 0.786. The second kappa shape index (κ2) is 3.45. The SMILES string of the molecule is Cn1c(C2CC2)cc2c(Br)cccc2c1=O. The zero-order chi connectivity index (χ0) is 11.3. The highest BCUT2D eigenvalue weighted by atomic mass is 79.9. The number of aromatic nitrogens is 1. The molecule has 2 aromatic rings. The van der Waals surface area contributed by atoms with Crippen molar-refractivity contribution in [3.05, 3.63) is 44.8 Å². The number of nitrogens with zero attached hydrogens (tertiary/aromatic N) is 1. The summed E-state index contributed by atoms with van der Waals surface area (Å²) in [6.45, 7) is 0. The van der Waals surface area contributed by atoms with Gasteiger partial charge in [-0.1, -0.05) is 22.0 Å². The highest BCUT2D eigenvalue weighted by Crippen LogP contribution is 2.40. The van der Waals surface area contributed by atoms with Gasteiger partial charge in [-0.15, -0.1) is 0 Å². The highest BCUT2D eigenvalue weighted by molar-refractivity contribution is 9.10. The van der Waals surface area contributed by atoms with Crippen LogP contribution >= 0.6 is 15.9 Å². The summed E-state index contributed by atoms with van der Waals surface area (Å²) >= 11 is 3.51. The Balaban J connectivity index is 2.43. The Morgan fingerprint density at radius 2 is 2.06 bits per heavy atom. The highest BCUT2D eigenvalue weighted by Gasteiger charge is 2.26. The average molecular weight is 278 g/mol. The largest absolute Gasteiger partial charge is 0.315 e. The van der Waals surface area contributed by atoms with Crippen molar-refractivity contribution in [2.75, 3.05) is 0 Å². The van der Waals surface area contributed by atoms with Crippen LogP contribution in [0, 0.1) is 0 Å². The van der Waals surface area contributed by atoms with Gasteiger partial charge in [0, 0.05) is 28.0 Å². The number of rotatable bonds is 1. The van der Waals surface area contributed by atoms with E-state index in [1.165, 1.54) is 18.5 Å². The normalized spacial score (nSPS) is 15.6. The van der Waals surface area contributed by atoms with Gasteiger partial charge in [-0.3, -0.25) is 4.79 Å². The van der Waals surface area contributed by atoms with Gasteiger partial charge < -0.3 is 4.57 Å². The number of pyridine rings is 1. The lowest BCUT2D eigenvalue weighted by atomic mass is 10.1. The smallest absolute Gasteiger partial charge is 0.258 e. The van der Waals surface area contributed by atoms with Crippen molar-refractivity contribution in [2.45, 2.75) is 18.8 Å². The minimum atomic E-state index is 0.112. The van der Waals surface area contributed by atoms with Crippen LogP contribution in [-0.2, 0) is 7.05 Å². The molecule has 1 saturated carbocycles. The Bertz CT molecular complexity index is 626. The van der Waals surface area contributed by atoms with Gasteiger partial charge >= 0.3 is 0 Å². The van der Waals surface area contributed by atoms with E-state index in [0.29, 0.717) is 5.92 Å². The van der Waals surface area contributed by atoms with Crippen molar-refractivity contribution < 1.29 is 0 Å². The molecule has 82 valence electrons. The Morgan fingerprint density at radius 1 is 1.31 bits per heavy atom. The Kier molecular flexibility index (Phi) is 2.18. The number of fused-ring (bicyclic) bond motifs is 1. The Hall–Kier alpha value is -1.09. The third-order valence-corrected chi connectivity index (χ3v) is 3.95. The van der Waals surface area contributed by atoms with Gasteiger partial charge in [0.05, 0.1) is 0 Å². The second-order valence-electron chi connectivity index (χ2n) is 4.41. The van der Waals surface area contributed by atoms with Crippen molar-refractivity contribution >= 4 is 26.7 Å². The first-order valence-electron chi connectivity index (χ1n) is 5.46. The van der Waals surface area contributed by atoms with E-state index in [9.17, 15) is 4.79 Å². The first-order chi connectivity index (χ1) is 7.68. The topological polar surface area (TPSA) is 22.0 Å². The zero-order valence-corrected chi connectivity index (χ0v) is 10.6. The molecule has 0 saturated heterocycles. The quantitative estimate of drug-likeness (QED) is 0.785. The number of hydrogen-bond acceptors (Lipinski definition) is 1. The Labute approximate surface area is 102 Å². The number of halogens is 1. The van der Waals surface area contributed by atoms with Crippen molar-refractivity contribution in [3.63, 3.8) is 0 Å². The van der Waals surface area contributed by atoms with Crippen LogP contribution in [-0.4, -0.2) is 4.57 Å². The minimum Gasteiger partial charge on any atom is -0.315 e. The van der Waals surface area contributed by atoms with Crippen molar-refractivity contribution in [2.24, 2.45) is 7.05 Å². The van der Waals surface area contributed by atoms with Crippen molar-refractivity contribution in [1.29, 1.82) is 0 Å². The van der Waals surface area contributed by atoms with E-state index in [0.717, 1.165) is 15.2 Å². The van der Waals surface area contributed by atoms with E-state index in [4.69, 9.17) is 0 Å².